The van der Waals surface area contributed by atoms with Crippen molar-refractivity contribution in [1.29, 1.82) is 0 Å². The number of pyridine rings is 1. The van der Waals surface area contributed by atoms with Gasteiger partial charge in [-0.25, -0.2) is 4.98 Å². The molecule has 1 atom stereocenters. The number of likely N-dealkylation sites (N-methyl/N-ethyl adjacent to an activating group) is 1. The molecule has 0 spiro atoms. The van der Waals surface area contributed by atoms with Gasteiger partial charge in [-0.05, 0) is 32.5 Å². The summed E-state index contributed by atoms with van der Waals surface area (Å²) in [7, 11) is 1.79. The van der Waals surface area contributed by atoms with Crippen molar-refractivity contribution in [3.63, 3.8) is 0 Å². The second-order valence-corrected chi connectivity index (χ2v) is 3.69. The highest BCUT2D eigenvalue weighted by Crippen LogP contribution is 2.27. The summed E-state index contributed by atoms with van der Waals surface area (Å²) in [4.78, 5) is 3.98. The summed E-state index contributed by atoms with van der Waals surface area (Å²) in [6, 6.07) is 1.84. The highest BCUT2D eigenvalue weighted by molar-refractivity contribution is 5.47. The molecule has 0 aromatic carbocycles. The van der Waals surface area contributed by atoms with Crippen LogP contribution in [0, 0.1) is 6.92 Å². The van der Waals surface area contributed by atoms with Crippen molar-refractivity contribution >= 4 is 5.82 Å². The second kappa shape index (κ2) is 3.94. The van der Waals surface area contributed by atoms with Crippen LogP contribution in [0.25, 0.3) is 0 Å². The maximum Gasteiger partial charge on any atom is 0.129 e. The Balaban J connectivity index is 3.17. The molecular weight excluding hydrogens is 178 g/mol. The van der Waals surface area contributed by atoms with Crippen molar-refractivity contribution in [2.24, 2.45) is 0 Å². The first kappa shape index (κ1) is 10.9. The van der Waals surface area contributed by atoms with Crippen LogP contribution in [0.5, 0.6) is 0 Å². The summed E-state index contributed by atoms with van der Waals surface area (Å²) in [5, 5.41) is 13.1. The Morgan fingerprint density at radius 2 is 2.29 bits per heavy atom. The Bertz CT molecular complexity index is 303. The van der Waals surface area contributed by atoms with Crippen LogP contribution in [0.1, 0.15) is 18.1 Å². The maximum absolute atomic E-state index is 10.2. The number of rotatable bonds is 3. The molecule has 14 heavy (non-hydrogen) atoms. The first-order chi connectivity index (χ1) is 6.49. The molecule has 0 bridgehead atoms. The monoisotopic (exact) mass is 195 g/mol. The van der Waals surface area contributed by atoms with Gasteiger partial charge in [-0.2, -0.15) is 0 Å². The lowest BCUT2D eigenvalue weighted by Gasteiger charge is -2.26. The molecule has 0 saturated carbocycles. The zero-order valence-electron chi connectivity index (χ0n) is 8.83. The number of aryl methyl sites for hydroxylation is 1. The zero-order chi connectivity index (χ0) is 10.8. The largest absolute Gasteiger partial charge is 0.384 e. The molecule has 0 fully saturated rings. The van der Waals surface area contributed by atoms with E-state index in [4.69, 9.17) is 5.73 Å². The average Bonchev–Trinajstić information content (AvgIpc) is 2.02. The summed E-state index contributed by atoms with van der Waals surface area (Å²) in [6.45, 7) is 4.09. The maximum atomic E-state index is 10.2. The predicted molar refractivity (Wildman–Crippen MR) is 56.9 cm³/mol. The molecule has 1 rings (SSSR count). The molecule has 78 valence electrons. The van der Waals surface area contributed by atoms with Crippen molar-refractivity contribution in [2.45, 2.75) is 19.4 Å². The number of aromatic nitrogens is 1. The summed E-state index contributed by atoms with van der Waals surface area (Å²) >= 11 is 0. The van der Waals surface area contributed by atoms with Gasteiger partial charge in [0.2, 0.25) is 0 Å². The average molecular weight is 195 g/mol. The van der Waals surface area contributed by atoms with Gasteiger partial charge in [0.1, 0.15) is 11.4 Å². The SMILES string of the molecule is CNCC(C)(O)c1c(C)ccnc1N. The van der Waals surface area contributed by atoms with Gasteiger partial charge in [0.05, 0.1) is 0 Å². The Morgan fingerprint density at radius 1 is 1.64 bits per heavy atom. The van der Waals surface area contributed by atoms with Gasteiger partial charge in [0.25, 0.3) is 0 Å². The Labute approximate surface area is 84.2 Å². The fourth-order valence-corrected chi connectivity index (χ4v) is 1.71. The van der Waals surface area contributed by atoms with Crippen LogP contribution < -0.4 is 11.1 Å². The van der Waals surface area contributed by atoms with E-state index < -0.39 is 5.60 Å². The molecule has 0 amide bonds. The third-order valence-corrected chi connectivity index (χ3v) is 2.25. The standard InChI is InChI=1S/C10H17N3O/c1-7-4-5-13-9(11)8(7)10(2,14)6-12-3/h4-5,12,14H,6H2,1-3H3,(H2,11,13). The summed E-state index contributed by atoms with van der Waals surface area (Å²) < 4.78 is 0. The number of nitrogens with one attached hydrogen (secondary N) is 1. The van der Waals surface area contributed by atoms with E-state index in [1.165, 1.54) is 0 Å². The Hall–Kier alpha value is -1.13. The van der Waals surface area contributed by atoms with Crippen molar-refractivity contribution in [3.8, 4) is 0 Å². The van der Waals surface area contributed by atoms with Gasteiger partial charge in [0, 0.05) is 18.3 Å². The zero-order valence-corrected chi connectivity index (χ0v) is 8.83. The smallest absolute Gasteiger partial charge is 0.129 e. The van der Waals surface area contributed by atoms with Crippen LogP contribution >= 0.6 is 0 Å². The van der Waals surface area contributed by atoms with Crippen molar-refractivity contribution in [1.82, 2.24) is 10.3 Å². The van der Waals surface area contributed by atoms with Gasteiger partial charge in [-0.1, -0.05) is 0 Å². The first-order valence-electron chi connectivity index (χ1n) is 4.57. The third kappa shape index (κ3) is 2.02. The van der Waals surface area contributed by atoms with E-state index in [-0.39, 0.29) is 0 Å². The molecule has 1 unspecified atom stereocenters. The van der Waals surface area contributed by atoms with Crippen molar-refractivity contribution < 1.29 is 5.11 Å². The van der Waals surface area contributed by atoms with E-state index in [2.05, 4.69) is 10.3 Å². The summed E-state index contributed by atoms with van der Waals surface area (Å²) in [6.07, 6.45) is 1.64. The highest BCUT2D eigenvalue weighted by atomic mass is 16.3. The van der Waals surface area contributed by atoms with Crippen LogP contribution in [0.2, 0.25) is 0 Å². The fraction of sp³-hybridized carbons (Fsp3) is 0.500. The number of hydrogen-bond donors (Lipinski definition) is 3. The minimum absolute atomic E-state index is 0.394. The molecule has 0 aliphatic heterocycles. The summed E-state index contributed by atoms with van der Waals surface area (Å²) in [5.74, 6) is 0.394. The lowest BCUT2D eigenvalue weighted by molar-refractivity contribution is 0.0590. The van der Waals surface area contributed by atoms with Gasteiger partial charge in [0.15, 0.2) is 0 Å². The first-order valence-corrected chi connectivity index (χ1v) is 4.57. The highest BCUT2D eigenvalue weighted by Gasteiger charge is 2.26. The number of aliphatic hydroxyl groups is 1. The molecule has 0 aliphatic carbocycles. The van der Waals surface area contributed by atoms with E-state index in [9.17, 15) is 5.11 Å². The number of nitrogen functional groups attached to an aromatic ring is 1. The summed E-state index contributed by atoms with van der Waals surface area (Å²) in [5.41, 5.74) is 6.42. The van der Waals surface area contributed by atoms with E-state index in [0.717, 1.165) is 5.56 Å². The van der Waals surface area contributed by atoms with Crippen LogP contribution in [0.15, 0.2) is 12.3 Å². The fourth-order valence-electron chi connectivity index (χ4n) is 1.71. The normalized spacial score (nSPS) is 15.1. The molecule has 1 aromatic rings. The molecule has 4 N–H and O–H groups in total. The topological polar surface area (TPSA) is 71.2 Å². The van der Waals surface area contributed by atoms with Crippen molar-refractivity contribution in [2.75, 3.05) is 19.3 Å². The molecule has 4 heteroatoms. The lowest BCUT2D eigenvalue weighted by Crippen LogP contribution is -2.35. The molecule has 0 aliphatic rings. The van der Waals surface area contributed by atoms with Gasteiger partial charge >= 0.3 is 0 Å². The number of nitrogens with two attached hydrogens (primary N) is 1. The molecule has 4 nitrogen and oxygen atoms in total. The van der Waals surface area contributed by atoms with Crippen LogP contribution in [0.3, 0.4) is 0 Å². The molecule has 1 heterocycles. The minimum Gasteiger partial charge on any atom is -0.384 e. The third-order valence-electron chi connectivity index (χ3n) is 2.25. The minimum atomic E-state index is -0.975. The van der Waals surface area contributed by atoms with E-state index in [0.29, 0.717) is 17.9 Å². The van der Waals surface area contributed by atoms with E-state index >= 15 is 0 Å². The number of hydrogen-bond acceptors (Lipinski definition) is 4. The van der Waals surface area contributed by atoms with Crippen LogP contribution in [-0.2, 0) is 5.60 Å². The lowest BCUT2D eigenvalue weighted by atomic mass is 9.92. The molecular formula is C10H17N3O. The number of nitrogens with zero attached hydrogens (tertiary/aromatic N) is 1. The van der Waals surface area contributed by atoms with Crippen LogP contribution in [-0.4, -0.2) is 23.7 Å². The predicted octanol–water partition coefficient (Wildman–Crippen LogP) is 0.399. The molecule has 1 aromatic heterocycles. The van der Waals surface area contributed by atoms with Crippen LogP contribution in [0.4, 0.5) is 5.82 Å². The van der Waals surface area contributed by atoms with Gasteiger partial charge in [-0.15, -0.1) is 0 Å². The van der Waals surface area contributed by atoms with Gasteiger partial charge < -0.3 is 16.2 Å². The second-order valence-electron chi connectivity index (χ2n) is 3.69. The van der Waals surface area contributed by atoms with E-state index in [1.807, 2.05) is 13.0 Å². The van der Waals surface area contributed by atoms with Crippen molar-refractivity contribution in [3.05, 3.63) is 23.4 Å². The quantitative estimate of drug-likeness (QED) is 0.653. The molecule has 0 radical (unpaired) electrons. The molecule has 0 saturated heterocycles. The van der Waals surface area contributed by atoms with Gasteiger partial charge in [-0.3, -0.25) is 0 Å². The Kier molecular flexibility index (Phi) is 3.08. The number of anilines is 1. The van der Waals surface area contributed by atoms with E-state index in [1.54, 1.807) is 20.2 Å². The Morgan fingerprint density at radius 3 is 2.79 bits per heavy atom.